The fraction of sp³-hybridized carbons (Fsp3) is 0.462. The molecule has 0 bridgehead atoms. The van der Waals surface area contributed by atoms with E-state index in [1.165, 1.54) is 0 Å². The van der Waals surface area contributed by atoms with E-state index in [-0.39, 0.29) is 5.91 Å². The van der Waals surface area contributed by atoms with Crippen LogP contribution in [0, 0.1) is 0 Å². The van der Waals surface area contributed by atoms with Crippen LogP contribution in [0.3, 0.4) is 0 Å². The Morgan fingerprint density at radius 1 is 1.47 bits per heavy atom. The number of aromatic nitrogens is 3. The zero-order valence-corrected chi connectivity index (χ0v) is 11.5. The van der Waals surface area contributed by atoms with Crippen LogP contribution >= 0.6 is 0 Å². The van der Waals surface area contributed by atoms with Crippen molar-refractivity contribution in [2.75, 3.05) is 18.8 Å². The van der Waals surface area contributed by atoms with Gasteiger partial charge in [0.2, 0.25) is 11.9 Å². The summed E-state index contributed by atoms with van der Waals surface area (Å²) in [4.78, 5) is 22.7. The van der Waals surface area contributed by atoms with E-state index in [1.807, 2.05) is 26.8 Å². The summed E-state index contributed by atoms with van der Waals surface area (Å²) in [7, 11) is 0. The van der Waals surface area contributed by atoms with Gasteiger partial charge < -0.3 is 10.6 Å². The van der Waals surface area contributed by atoms with E-state index < -0.39 is 6.04 Å². The third kappa shape index (κ3) is 2.25. The number of nitrogens with two attached hydrogens (primary N) is 1. The monoisotopic (exact) mass is 261 g/mol. The van der Waals surface area contributed by atoms with Gasteiger partial charge in [0.05, 0.1) is 0 Å². The molecule has 0 fully saturated rings. The molecule has 1 unspecified atom stereocenters. The molecule has 1 atom stereocenters. The molecule has 0 aliphatic carbocycles. The van der Waals surface area contributed by atoms with Crippen molar-refractivity contribution in [1.29, 1.82) is 0 Å². The molecule has 2 N–H and O–H groups in total. The minimum absolute atomic E-state index is 0.0293. The molecule has 0 spiro atoms. The first-order valence-corrected chi connectivity index (χ1v) is 6.47. The number of carbonyl (C=O) groups excluding carboxylic acids is 1. The quantitative estimate of drug-likeness (QED) is 0.903. The van der Waals surface area contributed by atoms with Gasteiger partial charge in [-0.15, -0.1) is 0 Å². The molecule has 2 aromatic rings. The molecule has 0 saturated heterocycles. The largest absolute Gasteiger partial charge is 0.369 e. The summed E-state index contributed by atoms with van der Waals surface area (Å²) in [6, 6.07) is 3.24. The van der Waals surface area contributed by atoms with Gasteiger partial charge in [-0.25, -0.2) is 9.97 Å². The molecule has 2 rings (SSSR count). The third-order valence-electron chi connectivity index (χ3n) is 3.30. The number of carbonyl (C=O) groups is 1. The van der Waals surface area contributed by atoms with Crippen molar-refractivity contribution in [1.82, 2.24) is 19.4 Å². The third-order valence-corrected chi connectivity index (χ3v) is 3.30. The predicted molar refractivity (Wildman–Crippen MR) is 74.6 cm³/mol. The van der Waals surface area contributed by atoms with Crippen molar-refractivity contribution in [3.05, 3.63) is 18.3 Å². The van der Waals surface area contributed by atoms with Crippen LogP contribution in [0.1, 0.15) is 26.8 Å². The van der Waals surface area contributed by atoms with Crippen molar-refractivity contribution in [3.63, 3.8) is 0 Å². The lowest BCUT2D eigenvalue weighted by Gasteiger charge is -2.24. The Hall–Kier alpha value is -2.11. The Morgan fingerprint density at radius 2 is 2.16 bits per heavy atom. The molecule has 0 aliphatic rings. The van der Waals surface area contributed by atoms with Gasteiger partial charge in [0, 0.05) is 19.3 Å². The number of hydrogen-bond acceptors (Lipinski definition) is 4. The average molecular weight is 261 g/mol. The molecular formula is C13H19N5O. The Morgan fingerprint density at radius 3 is 2.79 bits per heavy atom. The highest BCUT2D eigenvalue weighted by Gasteiger charge is 2.24. The van der Waals surface area contributed by atoms with E-state index in [0.29, 0.717) is 30.2 Å². The van der Waals surface area contributed by atoms with Crippen molar-refractivity contribution >= 4 is 23.0 Å². The molecule has 0 aromatic carbocycles. The molecule has 102 valence electrons. The number of hydrogen-bond donors (Lipinski definition) is 1. The fourth-order valence-electron chi connectivity index (χ4n) is 2.24. The lowest BCUT2D eigenvalue weighted by atomic mass is 10.2. The van der Waals surface area contributed by atoms with Crippen LogP contribution < -0.4 is 5.73 Å². The molecule has 2 heterocycles. The Balaban J connectivity index is 2.43. The van der Waals surface area contributed by atoms with Gasteiger partial charge in [-0.05, 0) is 32.9 Å². The zero-order chi connectivity index (χ0) is 14.0. The van der Waals surface area contributed by atoms with Gasteiger partial charge in [0.1, 0.15) is 11.6 Å². The van der Waals surface area contributed by atoms with Gasteiger partial charge in [-0.1, -0.05) is 0 Å². The summed E-state index contributed by atoms with van der Waals surface area (Å²) in [5, 5.41) is 0. The second kappa shape index (κ2) is 5.26. The smallest absolute Gasteiger partial charge is 0.245 e. The Labute approximate surface area is 112 Å². The molecule has 0 saturated carbocycles. The lowest BCUT2D eigenvalue weighted by molar-refractivity contribution is -0.133. The highest BCUT2D eigenvalue weighted by atomic mass is 16.2. The van der Waals surface area contributed by atoms with Gasteiger partial charge in [0.25, 0.3) is 0 Å². The average Bonchev–Trinajstić information content (AvgIpc) is 2.75. The van der Waals surface area contributed by atoms with Crippen molar-refractivity contribution in [3.8, 4) is 0 Å². The van der Waals surface area contributed by atoms with E-state index >= 15 is 0 Å². The van der Waals surface area contributed by atoms with Crippen LogP contribution in [0.25, 0.3) is 11.2 Å². The summed E-state index contributed by atoms with van der Waals surface area (Å²) in [6.45, 7) is 7.11. The molecule has 6 nitrogen and oxygen atoms in total. The highest BCUT2D eigenvalue weighted by molar-refractivity contribution is 5.84. The van der Waals surface area contributed by atoms with Gasteiger partial charge >= 0.3 is 0 Å². The minimum Gasteiger partial charge on any atom is -0.369 e. The summed E-state index contributed by atoms with van der Waals surface area (Å²) in [5.74, 6) is 0.350. The topological polar surface area (TPSA) is 77.0 Å². The maximum atomic E-state index is 12.4. The normalized spacial score (nSPS) is 12.6. The molecule has 0 radical (unpaired) electrons. The molecule has 19 heavy (non-hydrogen) atoms. The number of imidazole rings is 1. The zero-order valence-electron chi connectivity index (χ0n) is 11.5. The number of nitrogens with zero attached hydrogens (tertiary/aromatic N) is 4. The first-order chi connectivity index (χ1) is 9.10. The van der Waals surface area contributed by atoms with E-state index in [1.54, 1.807) is 21.7 Å². The van der Waals surface area contributed by atoms with Gasteiger partial charge in [-0.3, -0.25) is 9.36 Å². The molecule has 0 aliphatic heterocycles. The first kappa shape index (κ1) is 13.3. The number of amides is 1. The highest BCUT2D eigenvalue weighted by Crippen LogP contribution is 2.22. The molecule has 1 amide bonds. The maximum Gasteiger partial charge on any atom is 0.245 e. The van der Waals surface area contributed by atoms with E-state index in [0.717, 1.165) is 0 Å². The number of nitrogen functional groups attached to an aromatic ring is 1. The molecular weight excluding hydrogens is 242 g/mol. The van der Waals surface area contributed by atoms with E-state index in [9.17, 15) is 4.79 Å². The molecule has 2 aromatic heterocycles. The second-order valence-electron chi connectivity index (χ2n) is 4.37. The minimum atomic E-state index is -0.403. The van der Waals surface area contributed by atoms with E-state index in [4.69, 9.17) is 5.73 Å². The SMILES string of the molecule is CCN(CC)C(=O)C(C)n1c(N)nc2cccnc21. The predicted octanol–water partition coefficient (Wildman–Crippen LogP) is 1.44. The summed E-state index contributed by atoms with van der Waals surface area (Å²) >= 11 is 0. The van der Waals surface area contributed by atoms with Crippen LogP contribution in [-0.4, -0.2) is 38.4 Å². The van der Waals surface area contributed by atoms with Crippen LogP contribution in [0.4, 0.5) is 5.95 Å². The van der Waals surface area contributed by atoms with Crippen molar-refractivity contribution in [2.24, 2.45) is 0 Å². The van der Waals surface area contributed by atoms with Crippen LogP contribution in [-0.2, 0) is 4.79 Å². The fourth-order valence-corrected chi connectivity index (χ4v) is 2.24. The Bertz CT molecular complexity index is 588. The number of fused-ring (bicyclic) bond motifs is 1. The molecule has 6 heteroatoms. The van der Waals surface area contributed by atoms with Gasteiger partial charge in [0.15, 0.2) is 5.65 Å². The number of pyridine rings is 1. The van der Waals surface area contributed by atoms with Crippen LogP contribution in [0.15, 0.2) is 18.3 Å². The summed E-state index contributed by atoms with van der Waals surface area (Å²) in [5.41, 5.74) is 7.27. The summed E-state index contributed by atoms with van der Waals surface area (Å²) in [6.07, 6.45) is 1.68. The second-order valence-corrected chi connectivity index (χ2v) is 4.37. The van der Waals surface area contributed by atoms with Crippen LogP contribution in [0.2, 0.25) is 0 Å². The standard InChI is InChI=1S/C13H19N5O/c1-4-17(5-2)12(19)9(3)18-11-10(16-13(18)14)7-6-8-15-11/h6-9H,4-5H2,1-3H3,(H2,14,16). The Kier molecular flexibility index (Phi) is 3.69. The van der Waals surface area contributed by atoms with Crippen LogP contribution in [0.5, 0.6) is 0 Å². The first-order valence-electron chi connectivity index (χ1n) is 6.47. The van der Waals surface area contributed by atoms with Crippen molar-refractivity contribution < 1.29 is 4.79 Å². The van der Waals surface area contributed by atoms with E-state index in [2.05, 4.69) is 9.97 Å². The summed E-state index contributed by atoms with van der Waals surface area (Å²) < 4.78 is 1.69. The number of rotatable bonds is 4. The van der Waals surface area contributed by atoms with Crippen molar-refractivity contribution in [2.45, 2.75) is 26.8 Å². The number of likely N-dealkylation sites (N-methyl/N-ethyl adjacent to an activating group) is 1. The number of anilines is 1. The maximum absolute atomic E-state index is 12.4. The van der Waals surface area contributed by atoms with Gasteiger partial charge in [-0.2, -0.15) is 0 Å². The lowest BCUT2D eigenvalue weighted by Crippen LogP contribution is -2.36.